The fourth-order valence-electron chi connectivity index (χ4n) is 2.97. The zero-order valence-corrected chi connectivity index (χ0v) is 20.9. The Morgan fingerprint density at radius 1 is 0.700 bits per heavy atom. The summed E-state index contributed by atoms with van der Waals surface area (Å²) < 4.78 is 12.2. The van der Waals surface area contributed by atoms with Gasteiger partial charge in [-0.3, -0.25) is 0 Å². The van der Waals surface area contributed by atoms with Crippen LogP contribution in [-0.4, -0.2) is 13.2 Å². The standard InChI is InChI=1S/C26H36O2S2/c1-17(2)11-13-27-23-9-7-19(5)15-21(23)25(29)26(30)22-16-20(6)8-10-24(22)28-14-12-18(3)4/h7-10,15-18,29-30H,11-14H2,1-6H3. The third-order valence-electron chi connectivity index (χ3n) is 4.91. The van der Waals surface area contributed by atoms with Gasteiger partial charge in [-0.25, -0.2) is 0 Å². The summed E-state index contributed by atoms with van der Waals surface area (Å²) in [5.41, 5.74) is 4.24. The summed E-state index contributed by atoms with van der Waals surface area (Å²) in [5.74, 6) is 2.88. The first-order chi connectivity index (χ1) is 14.2. The van der Waals surface area contributed by atoms with Crippen LogP contribution in [0.2, 0.25) is 0 Å². The maximum Gasteiger partial charge on any atom is 0.127 e. The molecule has 2 aromatic rings. The quantitative estimate of drug-likeness (QED) is 0.287. The Morgan fingerprint density at radius 3 is 1.40 bits per heavy atom. The van der Waals surface area contributed by atoms with E-state index in [1.165, 1.54) is 0 Å². The molecule has 0 saturated heterocycles. The molecule has 2 rings (SSSR count). The summed E-state index contributed by atoms with van der Waals surface area (Å²) in [7, 11) is 0. The largest absolute Gasteiger partial charge is 0.493 e. The second kappa shape index (κ2) is 11.8. The molecule has 0 aliphatic heterocycles. The van der Waals surface area contributed by atoms with Crippen LogP contribution in [0.5, 0.6) is 11.5 Å². The number of rotatable bonds is 10. The minimum absolute atomic E-state index is 0.600. The Balaban J connectivity index is 2.40. The molecule has 0 radical (unpaired) electrons. The molecule has 0 aromatic heterocycles. The lowest BCUT2D eigenvalue weighted by atomic mass is 10.1. The highest BCUT2D eigenvalue weighted by molar-refractivity contribution is 7.96. The molecule has 0 aliphatic rings. The predicted molar refractivity (Wildman–Crippen MR) is 137 cm³/mol. The summed E-state index contributed by atoms with van der Waals surface area (Å²) in [6, 6.07) is 12.4. The van der Waals surface area contributed by atoms with Crippen molar-refractivity contribution in [1.82, 2.24) is 0 Å². The Morgan fingerprint density at radius 2 is 1.07 bits per heavy atom. The Labute approximate surface area is 193 Å². The molecule has 4 heteroatoms. The summed E-state index contributed by atoms with van der Waals surface area (Å²) >= 11 is 9.76. The molecule has 2 nitrogen and oxygen atoms in total. The fourth-order valence-corrected chi connectivity index (χ4v) is 3.56. The van der Waals surface area contributed by atoms with Crippen LogP contribution in [0.1, 0.15) is 62.8 Å². The summed E-state index contributed by atoms with van der Waals surface area (Å²) in [6.45, 7) is 14.3. The lowest BCUT2D eigenvalue weighted by Gasteiger charge is -2.17. The molecule has 0 spiro atoms. The highest BCUT2D eigenvalue weighted by Gasteiger charge is 2.15. The van der Waals surface area contributed by atoms with Gasteiger partial charge in [-0.2, -0.15) is 0 Å². The minimum Gasteiger partial charge on any atom is -0.493 e. The van der Waals surface area contributed by atoms with Gasteiger partial charge in [-0.1, -0.05) is 51.0 Å². The number of hydrogen-bond acceptors (Lipinski definition) is 4. The normalized spacial score (nSPS) is 12.3. The summed E-state index contributed by atoms with van der Waals surface area (Å²) in [4.78, 5) is 1.58. The van der Waals surface area contributed by atoms with Crippen LogP contribution in [0.25, 0.3) is 9.81 Å². The second-order valence-electron chi connectivity index (χ2n) is 8.76. The lowest BCUT2D eigenvalue weighted by molar-refractivity contribution is 0.288. The molecule has 0 aliphatic carbocycles. The third-order valence-corrected chi connectivity index (χ3v) is 6.02. The molecule has 2 aromatic carbocycles. The van der Waals surface area contributed by atoms with Crippen LogP contribution >= 0.6 is 25.3 Å². The van der Waals surface area contributed by atoms with Gasteiger partial charge in [0, 0.05) is 20.9 Å². The molecule has 0 unspecified atom stereocenters. The second-order valence-corrected chi connectivity index (χ2v) is 9.65. The van der Waals surface area contributed by atoms with Crippen molar-refractivity contribution in [2.45, 2.75) is 54.4 Å². The van der Waals surface area contributed by atoms with Crippen LogP contribution in [0, 0.1) is 25.7 Å². The SMILES string of the molecule is Cc1ccc(OCCC(C)C)c(C(S)=C(S)c2cc(C)ccc2OCCC(C)C)c1. The smallest absolute Gasteiger partial charge is 0.127 e. The monoisotopic (exact) mass is 444 g/mol. The highest BCUT2D eigenvalue weighted by Crippen LogP contribution is 2.40. The van der Waals surface area contributed by atoms with Crippen molar-refractivity contribution in [1.29, 1.82) is 0 Å². The zero-order valence-electron chi connectivity index (χ0n) is 19.2. The topological polar surface area (TPSA) is 18.5 Å². The average Bonchev–Trinajstić information content (AvgIpc) is 2.68. The maximum atomic E-state index is 6.11. The molecule has 0 N–H and O–H groups in total. The van der Waals surface area contributed by atoms with Crippen LogP contribution in [0.4, 0.5) is 0 Å². The number of hydrogen-bond donors (Lipinski definition) is 2. The van der Waals surface area contributed by atoms with Crippen molar-refractivity contribution in [3.05, 3.63) is 58.7 Å². The molecule has 0 saturated carbocycles. The van der Waals surface area contributed by atoms with E-state index in [1.807, 2.05) is 12.1 Å². The van der Waals surface area contributed by atoms with E-state index in [0.717, 1.165) is 56.4 Å². The van der Waals surface area contributed by atoms with E-state index >= 15 is 0 Å². The molecular formula is C26H36O2S2. The Hall–Kier alpha value is -1.52. The van der Waals surface area contributed by atoms with Crippen molar-refractivity contribution in [2.75, 3.05) is 13.2 Å². The van der Waals surface area contributed by atoms with Crippen LogP contribution < -0.4 is 9.47 Å². The van der Waals surface area contributed by atoms with E-state index in [4.69, 9.17) is 34.7 Å². The highest BCUT2D eigenvalue weighted by atomic mass is 32.1. The van der Waals surface area contributed by atoms with Crippen LogP contribution in [0.15, 0.2) is 36.4 Å². The van der Waals surface area contributed by atoms with Gasteiger partial charge in [0.2, 0.25) is 0 Å². The number of aryl methyl sites for hydroxylation is 2. The zero-order chi connectivity index (χ0) is 22.3. The van der Waals surface area contributed by atoms with Crippen molar-refractivity contribution < 1.29 is 9.47 Å². The Kier molecular flexibility index (Phi) is 9.70. The van der Waals surface area contributed by atoms with Crippen LogP contribution in [0.3, 0.4) is 0 Å². The van der Waals surface area contributed by atoms with Crippen molar-refractivity contribution >= 4 is 35.1 Å². The van der Waals surface area contributed by atoms with E-state index in [9.17, 15) is 0 Å². The molecule has 164 valence electrons. The molecule has 0 bridgehead atoms. The van der Waals surface area contributed by atoms with E-state index in [0.29, 0.717) is 25.0 Å². The molecule has 0 amide bonds. The first-order valence-electron chi connectivity index (χ1n) is 10.8. The van der Waals surface area contributed by atoms with Gasteiger partial charge in [0.15, 0.2) is 0 Å². The van der Waals surface area contributed by atoms with Gasteiger partial charge in [0.05, 0.1) is 13.2 Å². The van der Waals surface area contributed by atoms with E-state index in [1.54, 1.807) is 0 Å². The van der Waals surface area contributed by atoms with Crippen molar-refractivity contribution in [3.8, 4) is 11.5 Å². The summed E-state index contributed by atoms with van der Waals surface area (Å²) in [6.07, 6.45) is 2.02. The summed E-state index contributed by atoms with van der Waals surface area (Å²) in [5, 5.41) is 0. The van der Waals surface area contributed by atoms with Gasteiger partial charge in [-0.15, -0.1) is 25.3 Å². The van der Waals surface area contributed by atoms with Crippen molar-refractivity contribution in [3.63, 3.8) is 0 Å². The number of thiol groups is 2. The molecule has 30 heavy (non-hydrogen) atoms. The van der Waals surface area contributed by atoms with E-state index in [-0.39, 0.29) is 0 Å². The minimum atomic E-state index is 0.600. The number of ether oxygens (including phenoxy) is 2. The number of benzene rings is 2. The van der Waals surface area contributed by atoms with Gasteiger partial charge < -0.3 is 9.47 Å². The molecule has 0 atom stereocenters. The van der Waals surface area contributed by atoms with Gasteiger partial charge in [-0.05, 0) is 62.8 Å². The predicted octanol–water partition coefficient (Wildman–Crippen LogP) is 7.84. The van der Waals surface area contributed by atoms with E-state index in [2.05, 4.69) is 65.8 Å². The average molecular weight is 445 g/mol. The van der Waals surface area contributed by atoms with Gasteiger partial charge >= 0.3 is 0 Å². The molecule has 0 heterocycles. The lowest BCUT2D eigenvalue weighted by Crippen LogP contribution is -2.04. The molecular weight excluding hydrogens is 408 g/mol. The first-order valence-corrected chi connectivity index (χ1v) is 11.7. The third kappa shape index (κ3) is 7.31. The van der Waals surface area contributed by atoms with Crippen molar-refractivity contribution in [2.24, 2.45) is 11.8 Å². The van der Waals surface area contributed by atoms with Gasteiger partial charge in [0.25, 0.3) is 0 Å². The first kappa shape index (κ1) is 24.7. The van der Waals surface area contributed by atoms with Gasteiger partial charge in [0.1, 0.15) is 11.5 Å². The fraction of sp³-hybridized carbons (Fsp3) is 0.462. The molecule has 0 fully saturated rings. The van der Waals surface area contributed by atoms with E-state index < -0.39 is 0 Å². The van der Waals surface area contributed by atoms with Crippen LogP contribution in [-0.2, 0) is 0 Å². The Bertz CT molecular complexity index is 798. The maximum absolute atomic E-state index is 6.11.